The molecule has 6 heteroatoms. The second-order valence-electron chi connectivity index (χ2n) is 4.63. The van der Waals surface area contributed by atoms with E-state index in [9.17, 15) is 17.6 Å². The number of alkyl halides is 3. The first kappa shape index (κ1) is 15.8. The fourth-order valence-corrected chi connectivity index (χ4v) is 2.21. The third-order valence-corrected chi connectivity index (χ3v) is 3.87. The first-order valence-corrected chi connectivity index (χ1v) is 6.92. The van der Waals surface area contributed by atoms with Crippen LogP contribution in [0.5, 0.6) is 0 Å². The van der Waals surface area contributed by atoms with Crippen molar-refractivity contribution in [3.05, 3.63) is 63.4 Å². The maximum absolute atomic E-state index is 13.6. The smallest absolute Gasteiger partial charge is 0.379 e. The number of rotatable bonds is 3. The summed E-state index contributed by atoms with van der Waals surface area (Å²) in [6.07, 6.45) is -4.49. The average Bonchev–Trinajstić information content (AvgIpc) is 2.40. The van der Waals surface area contributed by atoms with Crippen molar-refractivity contribution in [1.82, 2.24) is 0 Å². The summed E-state index contributed by atoms with van der Waals surface area (Å²) in [5.41, 5.74) is 0.839. The summed E-state index contributed by atoms with van der Waals surface area (Å²) < 4.78 is 52.3. The molecule has 0 radical (unpaired) electrons. The van der Waals surface area contributed by atoms with Crippen LogP contribution in [0.1, 0.15) is 16.7 Å². The minimum Gasteiger partial charge on any atom is -0.379 e. The summed E-state index contributed by atoms with van der Waals surface area (Å²) in [5, 5.41) is 2.69. The molecule has 2 aromatic carbocycles. The van der Waals surface area contributed by atoms with Gasteiger partial charge in [0.25, 0.3) is 0 Å². The normalized spacial score (nSPS) is 11.5. The van der Waals surface area contributed by atoms with Crippen LogP contribution in [-0.2, 0) is 12.7 Å². The van der Waals surface area contributed by atoms with Crippen LogP contribution in [0.25, 0.3) is 0 Å². The molecule has 0 fully saturated rings. The second kappa shape index (κ2) is 6.05. The first-order valence-electron chi connectivity index (χ1n) is 6.13. The topological polar surface area (TPSA) is 12.0 Å². The first-order chi connectivity index (χ1) is 9.77. The highest BCUT2D eigenvalue weighted by Gasteiger charge is 2.31. The highest BCUT2D eigenvalue weighted by Crippen LogP contribution is 2.32. The van der Waals surface area contributed by atoms with Gasteiger partial charge in [0.1, 0.15) is 5.82 Å². The Morgan fingerprint density at radius 3 is 2.43 bits per heavy atom. The highest BCUT2D eigenvalue weighted by atomic mass is 79.9. The summed E-state index contributed by atoms with van der Waals surface area (Å²) >= 11 is 3.37. The number of benzene rings is 2. The second-order valence-corrected chi connectivity index (χ2v) is 5.48. The zero-order chi connectivity index (χ0) is 15.6. The van der Waals surface area contributed by atoms with E-state index in [0.29, 0.717) is 0 Å². The number of hydrogen-bond donors (Lipinski definition) is 1. The van der Waals surface area contributed by atoms with E-state index < -0.39 is 17.6 Å². The van der Waals surface area contributed by atoms with Gasteiger partial charge in [-0.3, -0.25) is 0 Å². The van der Waals surface area contributed by atoms with Gasteiger partial charge >= 0.3 is 6.18 Å². The predicted octanol–water partition coefficient (Wildman–Crippen LogP) is 5.53. The molecule has 0 aliphatic heterocycles. The van der Waals surface area contributed by atoms with Gasteiger partial charge in [-0.05, 0) is 42.3 Å². The van der Waals surface area contributed by atoms with E-state index in [0.717, 1.165) is 33.8 Å². The molecule has 0 saturated heterocycles. The molecular weight excluding hydrogens is 350 g/mol. The lowest BCUT2D eigenvalue weighted by Gasteiger charge is -2.12. The quantitative estimate of drug-likeness (QED) is 0.709. The van der Waals surface area contributed by atoms with E-state index in [1.807, 2.05) is 25.1 Å². The SMILES string of the molecule is Cc1ccc(CNc2cc(C(F)(F)F)ccc2F)cc1Br. The van der Waals surface area contributed by atoms with E-state index in [2.05, 4.69) is 21.2 Å². The van der Waals surface area contributed by atoms with Gasteiger partial charge in [0.15, 0.2) is 0 Å². The lowest BCUT2D eigenvalue weighted by atomic mass is 10.1. The number of aryl methyl sites for hydroxylation is 1. The zero-order valence-corrected chi connectivity index (χ0v) is 12.6. The lowest BCUT2D eigenvalue weighted by Crippen LogP contribution is -2.08. The van der Waals surface area contributed by atoms with Crippen molar-refractivity contribution in [2.24, 2.45) is 0 Å². The highest BCUT2D eigenvalue weighted by molar-refractivity contribution is 9.10. The molecule has 0 aliphatic rings. The molecule has 0 aliphatic carbocycles. The van der Waals surface area contributed by atoms with Gasteiger partial charge in [-0.25, -0.2) is 4.39 Å². The van der Waals surface area contributed by atoms with E-state index in [4.69, 9.17) is 0 Å². The summed E-state index contributed by atoms with van der Waals surface area (Å²) in [5.74, 6) is -0.714. The molecule has 0 bridgehead atoms. The monoisotopic (exact) mass is 361 g/mol. The number of anilines is 1. The summed E-state index contributed by atoms with van der Waals surface area (Å²) in [7, 11) is 0. The Morgan fingerprint density at radius 1 is 1.10 bits per heavy atom. The Labute approximate surface area is 128 Å². The molecule has 1 N–H and O–H groups in total. The summed E-state index contributed by atoms with van der Waals surface area (Å²) in [4.78, 5) is 0. The Kier molecular flexibility index (Phi) is 4.56. The minimum atomic E-state index is -4.49. The van der Waals surface area contributed by atoms with E-state index in [1.54, 1.807) is 0 Å². The van der Waals surface area contributed by atoms with Gasteiger partial charge in [0, 0.05) is 11.0 Å². The van der Waals surface area contributed by atoms with Crippen LogP contribution in [0.4, 0.5) is 23.2 Å². The molecule has 0 heterocycles. The molecule has 0 aromatic heterocycles. The van der Waals surface area contributed by atoms with Gasteiger partial charge in [0.05, 0.1) is 11.3 Å². The van der Waals surface area contributed by atoms with Gasteiger partial charge in [-0.15, -0.1) is 0 Å². The molecule has 0 unspecified atom stereocenters. The molecule has 0 saturated carbocycles. The summed E-state index contributed by atoms with van der Waals surface area (Å²) in [6, 6.07) is 7.87. The number of halogens is 5. The van der Waals surface area contributed by atoms with Crippen LogP contribution >= 0.6 is 15.9 Å². The van der Waals surface area contributed by atoms with Crippen LogP contribution in [0.3, 0.4) is 0 Å². The Morgan fingerprint density at radius 2 is 1.81 bits per heavy atom. The molecule has 2 aromatic rings. The number of hydrogen-bond acceptors (Lipinski definition) is 1. The van der Waals surface area contributed by atoms with Crippen molar-refractivity contribution < 1.29 is 17.6 Å². The standard InChI is InChI=1S/C15H12BrF4N/c1-9-2-3-10(6-12(9)16)8-21-14-7-11(15(18,19)20)4-5-13(14)17/h2-7,21H,8H2,1H3. The van der Waals surface area contributed by atoms with E-state index in [-0.39, 0.29) is 12.2 Å². The minimum absolute atomic E-state index is 0.165. The van der Waals surface area contributed by atoms with Crippen LogP contribution in [0.15, 0.2) is 40.9 Å². The van der Waals surface area contributed by atoms with E-state index >= 15 is 0 Å². The van der Waals surface area contributed by atoms with Gasteiger partial charge < -0.3 is 5.32 Å². The molecule has 0 amide bonds. The van der Waals surface area contributed by atoms with Crippen molar-refractivity contribution >= 4 is 21.6 Å². The third kappa shape index (κ3) is 3.97. The lowest BCUT2D eigenvalue weighted by molar-refractivity contribution is -0.137. The van der Waals surface area contributed by atoms with Gasteiger partial charge in [-0.2, -0.15) is 13.2 Å². The molecular formula is C15H12BrF4N. The third-order valence-electron chi connectivity index (χ3n) is 3.01. The largest absolute Gasteiger partial charge is 0.416 e. The Bertz CT molecular complexity index is 653. The molecule has 112 valence electrons. The van der Waals surface area contributed by atoms with E-state index in [1.165, 1.54) is 0 Å². The molecule has 0 atom stereocenters. The number of nitrogens with one attached hydrogen (secondary N) is 1. The Balaban J connectivity index is 2.17. The average molecular weight is 362 g/mol. The van der Waals surface area contributed by atoms with Crippen LogP contribution in [-0.4, -0.2) is 0 Å². The van der Waals surface area contributed by atoms with Crippen LogP contribution in [0, 0.1) is 12.7 Å². The molecule has 0 spiro atoms. The summed E-state index contributed by atoms with van der Waals surface area (Å²) in [6.45, 7) is 2.16. The van der Waals surface area contributed by atoms with Crippen molar-refractivity contribution in [3.63, 3.8) is 0 Å². The van der Waals surface area contributed by atoms with Crippen molar-refractivity contribution in [1.29, 1.82) is 0 Å². The fourth-order valence-electron chi connectivity index (χ4n) is 1.78. The molecule has 21 heavy (non-hydrogen) atoms. The maximum atomic E-state index is 13.6. The fraction of sp³-hybridized carbons (Fsp3) is 0.200. The van der Waals surface area contributed by atoms with Gasteiger partial charge in [0.2, 0.25) is 0 Å². The molecule has 1 nitrogen and oxygen atoms in total. The zero-order valence-electron chi connectivity index (χ0n) is 11.1. The molecule has 2 rings (SSSR count). The van der Waals surface area contributed by atoms with Crippen molar-refractivity contribution in [2.45, 2.75) is 19.6 Å². The predicted molar refractivity (Wildman–Crippen MR) is 77.6 cm³/mol. The van der Waals surface area contributed by atoms with Crippen molar-refractivity contribution in [3.8, 4) is 0 Å². The maximum Gasteiger partial charge on any atom is 0.416 e. The van der Waals surface area contributed by atoms with Gasteiger partial charge in [-0.1, -0.05) is 28.1 Å². The Hall–Kier alpha value is -1.56. The van der Waals surface area contributed by atoms with Crippen molar-refractivity contribution in [2.75, 3.05) is 5.32 Å². The van der Waals surface area contributed by atoms with Crippen LogP contribution in [0.2, 0.25) is 0 Å². The van der Waals surface area contributed by atoms with Crippen LogP contribution < -0.4 is 5.32 Å².